The Morgan fingerprint density at radius 1 is 1.12 bits per heavy atom. The van der Waals surface area contributed by atoms with Crippen molar-refractivity contribution in [2.45, 2.75) is 64.3 Å². The highest BCUT2D eigenvalue weighted by Crippen LogP contribution is 2.32. The lowest BCUT2D eigenvalue weighted by molar-refractivity contribution is 0.180. The van der Waals surface area contributed by atoms with E-state index in [9.17, 15) is 0 Å². The summed E-state index contributed by atoms with van der Waals surface area (Å²) < 4.78 is 0. The molecule has 1 saturated heterocycles. The molecule has 0 atom stereocenters. The summed E-state index contributed by atoms with van der Waals surface area (Å²) in [6, 6.07) is 0. The average molecular weight is 238 g/mol. The lowest BCUT2D eigenvalue weighted by Crippen LogP contribution is -2.50. The van der Waals surface area contributed by atoms with Gasteiger partial charge in [-0.05, 0) is 38.3 Å². The van der Waals surface area contributed by atoms with Crippen molar-refractivity contribution in [2.24, 2.45) is 5.92 Å². The molecule has 0 aromatic rings. The van der Waals surface area contributed by atoms with Gasteiger partial charge in [-0.25, -0.2) is 0 Å². The average Bonchev–Trinajstić information content (AvgIpc) is 2.69. The molecule has 2 nitrogen and oxygen atoms in total. The van der Waals surface area contributed by atoms with Gasteiger partial charge in [-0.1, -0.05) is 39.5 Å². The first-order valence-corrected chi connectivity index (χ1v) is 7.75. The van der Waals surface area contributed by atoms with Crippen LogP contribution in [0.5, 0.6) is 0 Å². The second-order valence-corrected chi connectivity index (χ2v) is 6.19. The highest BCUT2D eigenvalue weighted by molar-refractivity contribution is 4.97. The molecular weight excluding hydrogens is 208 g/mol. The Balaban J connectivity index is 1.92. The standard InChI is InChI=1S/C15H30N2/c1-3-14(4-2)12-17-11-7-10-16-15(13-17)8-5-6-9-15/h14,16H,3-13H2,1-2H3. The topological polar surface area (TPSA) is 15.3 Å². The van der Waals surface area contributed by atoms with E-state index in [-0.39, 0.29) is 0 Å². The normalized spacial score (nSPS) is 25.6. The van der Waals surface area contributed by atoms with Crippen LogP contribution in [0.3, 0.4) is 0 Å². The molecule has 1 spiro atoms. The van der Waals surface area contributed by atoms with Crippen LogP contribution in [-0.2, 0) is 0 Å². The zero-order chi connectivity index (χ0) is 12.1. The Hall–Kier alpha value is -0.0800. The lowest BCUT2D eigenvalue weighted by Gasteiger charge is -2.34. The molecule has 2 heteroatoms. The molecule has 0 bridgehead atoms. The number of hydrogen-bond acceptors (Lipinski definition) is 2. The molecule has 1 saturated carbocycles. The minimum absolute atomic E-state index is 0.489. The van der Waals surface area contributed by atoms with E-state index in [0.717, 1.165) is 5.92 Å². The summed E-state index contributed by atoms with van der Waals surface area (Å²) in [6.07, 6.45) is 9.71. The van der Waals surface area contributed by atoms with Gasteiger partial charge in [0.25, 0.3) is 0 Å². The van der Waals surface area contributed by atoms with Crippen molar-refractivity contribution < 1.29 is 0 Å². The van der Waals surface area contributed by atoms with Crippen LogP contribution in [0.4, 0.5) is 0 Å². The third kappa shape index (κ3) is 3.45. The summed E-state index contributed by atoms with van der Waals surface area (Å²) in [5.74, 6) is 0.909. The van der Waals surface area contributed by atoms with Crippen molar-refractivity contribution in [1.29, 1.82) is 0 Å². The summed E-state index contributed by atoms with van der Waals surface area (Å²) in [5.41, 5.74) is 0.489. The SMILES string of the molecule is CCC(CC)CN1CCCNC2(CCCC2)C1. The Kier molecular flexibility index (Phi) is 4.87. The highest BCUT2D eigenvalue weighted by Gasteiger charge is 2.36. The van der Waals surface area contributed by atoms with Gasteiger partial charge in [0, 0.05) is 18.6 Å². The Labute approximate surface area is 107 Å². The largest absolute Gasteiger partial charge is 0.310 e. The van der Waals surface area contributed by atoms with Crippen molar-refractivity contribution in [3.63, 3.8) is 0 Å². The third-order valence-electron chi connectivity index (χ3n) is 4.91. The third-order valence-corrected chi connectivity index (χ3v) is 4.91. The van der Waals surface area contributed by atoms with Crippen molar-refractivity contribution in [3.05, 3.63) is 0 Å². The van der Waals surface area contributed by atoms with Crippen LogP contribution < -0.4 is 5.32 Å². The van der Waals surface area contributed by atoms with Crippen LogP contribution in [-0.4, -0.2) is 36.6 Å². The fourth-order valence-electron chi connectivity index (χ4n) is 3.67. The molecule has 0 unspecified atom stereocenters. The number of nitrogens with one attached hydrogen (secondary N) is 1. The Morgan fingerprint density at radius 3 is 2.47 bits per heavy atom. The van der Waals surface area contributed by atoms with E-state index in [1.165, 1.54) is 71.1 Å². The zero-order valence-corrected chi connectivity index (χ0v) is 11.8. The molecule has 0 amide bonds. The van der Waals surface area contributed by atoms with Gasteiger partial charge < -0.3 is 10.2 Å². The van der Waals surface area contributed by atoms with Gasteiger partial charge in [0.15, 0.2) is 0 Å². The lowest BCUT2D eigenvalue weighted by atomic mass is 9.96. The van der Waals surface area contributed by atoms with E-state index in [1.54, 1.807) is 0 Å². The molecule has 0 radical (unpaired) electrons. The Morgan fingerprint density at radius 2 is 1.82 bits per heavy atom. The van der Waals surface area contributed by atoms with E-state index in [4.69, 9.17) is 0 Å². The molecule has 1 heterocycles. The molecule has 2 fully saturated rings. The minimum atomic E-state index is 0.489. The van der Waals surface area contributed by atoms with E-state index in [2.05, 4.69) is 24.1 Å². The van der Waals surface area contributed by atoms with Crippen LogP contribution >= 0.6 is 0 Å². The predicted molar refractivity (Wildman–Crippen MR) is 74.3 cm³/mol. The predicted octanol–water partition coefficient (Wildman–Crippen LogP) is 3.03. The van der Waals surface area contributed by atoms with Crippen LogP contribution in [0.25, 0.3) is 0 Å². The van der Waals surface area contributed by atoms with Crippen molar-refractivity contribution in [1.82, 2.24) is 10.2 Å². The zero-order valence-electron chi connectivity index (χ0n) is 11.8. The highest BCUT2D eigenvalue weighted by atomic mass is 15.2. The molecule has 1 aliphatic heterocycles. The van der Waals surface area contributed by atoms with Crippen molar-refractivity contribution in [2.75, 3.05) is 26.2 Å². The van der Waals surface area contributed by atoms with Crippen molar-refractivity contribution >= 4 is 0 Å². The van der Waals surface area contributed by atoms with E-state index < -0.39 is 0 Å². The summed E-state index contributed by atoms with van der Waals surface area (Å²) in [6.45, 7) is 9.87. The first kappa shape index (κ1) is 13.4. The van der Waals surface area contributed by atoms with Gasteiger partial charge in [-0.2, -0.15) is 0 Å². The summed E-state index contributed by atoms with van der Waals surface area (Å²) in [5, 5.41) is 3.85. The Bertz CT molecular complexity index is 217. The molecule has 2 rings (SSSR count). The van der Waals surface area contributed by atoms with Crippen LogP contribution in [0.2, 0.25) is 0 Å². The van der Waals surface area contributed by atoms with Gasteiger partial charge in [0.1, 0.15) is 0 Å². The summed E-state index contributed by atoms with van der Waals surface area (Å²) in [7, 11) is 0. The van der Waals surface area contributed by atoms with Gasteiger partial charge in [0.05, 0.1) is 0 Å². The second-order valence-electron chi connectivity index (χ2n) is 6.19. The molecule has 0 aromatic heterocycles. The summed E-state index contributed by atoms with van der Waals surface area (Å²) in [4.78, 5) is 2.75. The van der Waals surface area contributed by atoms with Crippen LogP contribution in [0, 0.1) is 5.92 Å². The van der Waals surface area contributed by atoms with Gasteiger partial charge in [-0.15, -0.1) is 0 Å². The first-order chi connectivity index (χ1) is 8.28. The second kappa shape index (κ2) is 6.19. The van der Waals surface area contributed by atoms with Crippen LogP contribution in [0.15, 0.2) is 0 Å². The van der Waals surface area contributed by atoms with Gasteiger partial charge in [-0.3, -0.25) is 0 Å². The molecule has 17 heavy (non-hydrogen) atoms. The minimum Gasteiger partial charge on any atom is -0.310 e. The molecule has 1 N–H and O–H groups in total. The molecule has 0 aromatic carbocycles. The number of rotatable bonds is 4. The van der Waals surface area contributed by atoms with E-state index in [0.29, 0.717) is 5.54 Å². The van der Waals surface area contributed by atoms with E-state index >= 15 is 0 Å². The van der Waals surface area contributed by atoms with Crippen LogP contribution in [0.1, 0.15) is 58.8 Å². The van der Waals surface area contributed by atoms with Gasteiger partial charge in [0.2, 0.25) is 0 Å². The maximum absolute atomic E-state index is 3.85. The number of nitrogens with zero attached hydrogens (tertiary/aromatic N) is 1. The van der Waals surface area contributed by atoms with Gasteiger partial charge >= 0.3 is 0 Å². The fraction of sp³-hybridized carbons (Fsp3) is 1.00. The smallest absolute Gasteiger partial charge is 0.0308 e. The molecular formula is C15H30N2. The summed E-state index contributed by atoms with van der Waals surface area (Å²) >= 11 is 0. The first-order valence-electron chi connectivity index (χ1n) is 7.75. The van der Waals surface area contributed by atoms with E-state index in [1.807, 2.05) is 0 Å². The monoisotopic (exact) mass is 238 g/mol. The quantitative estimate of drug-likeness (QED) is 0.810. The molecule has 2 aliphatic rings. The fourth-order valence-corrected chi connectivity index (χ4v) is 3.67. The maximum Gasteiger partial charge on any atom is 0.0308 e. The van der Waals surface area contributed by atoms with Crippen molar-refractivity contribution in [3.8, 4) is 0 Å². The molecule has 1 aliphatic carbocycles. The maximum atomic E-state index is 3.85. The molecule has 100 valence electrons. The number of hydrogen-bond donors (Lipinski definition) is 1.